The van der Waals surface area contributed by atoms with Crippen molar-refractivity contribution in [2.24, 2.45) is 0 Å². The summed E-state index contributed by atoms with van der Waals surface area (Å²) in [5.41, 5.74) is 2.11. The van der Waals surface area contributed by atoms with Crippen LogP contribution >= 0.6 is 0 Å². The van der Waals surface area contributed by atoms with E-state index in [1.165, 1.54) is 6.92 Å². The molecule has 2 amide bonds. The van der Waals surface area contributed by atoms with Gasteiger partial charge in [0.05, 0.1) is 11.2 Å². The molecule has 3 aromatic rings. The van der Waals surface area contributed by atoms with E-state index >= 15 is 0 Å². The van der Waals surface area contributed by atoms with Crippen LogP contribution in [0.15, 0.2) is 48.7 Å². The van der Waals surface area contributed by atoms with E-state index in [-0.39, 0.29) is 5.91 Å². The maximum Gasteiger partial charge on any atom is 0.412 e. The first-order valence-corrected chi connectivity index (χ1v) is 9.56. The van der Waals surface area contributed by atoms with Crippen molar-refractivity contribution in [3.8, 4) is 11.5 Å². The molecule has 0 saturated heterocycles. The summed E-state index contributed by atoms with van der Waals surface area (Å²) >= 11 is 0. The van der Waals surface area contributed by atoms with Crippen LogP contribution in [0, 0.1) is 6.92 Å². The molecule has 0 radical (unpaired) electrons. The van der Waals surface area contributed by atoms with Gasteiger partial charge >= 0.3 is 6.09 Å². The van der Waals surface area contributed by atoms with Gasteiger partial charge in [-0.3, -0.25) is 15.1 Å². The van der Waals surface area contributed by atoms with Crippen LogP contribution in [0.2, 0.25) is 0 Å². The molecule has 0 saturated carbocycles. The zero-order valence-corrected chi connectivity index (χ0v) is 17.7. The maximum atomic E-state index is 12.1. The fourth-order valence-electron chi connectivity index (χ4n) is 2.86. The van der Waals surface area contributed by atoms with Crippen molar-refractivity contribution in [3.05, 3.63) is 54.2 Å². The molecule has 0 fully saturated rings. The molecule has 0 spiro atoms. The third kappa shape index (κ3) is 5.26. The third-order valence-electron chi connectivity index (χ3n) is 4.10. The minimum absolute atomic E-state index is 0.174. The molecule has 0 aliphatic carbocycles. The summed E-state index contributed by atoms with van der Waals surface area (Å²) in [6.07, 6.45) is 1.09. The van der Waals surface area contributed by atoms with Gasteiger partial charge in [-0.25, -0.2) is 4.79 Å². The lowest BCUT2D eigenvalue weighted by Crippen LogP contribution is -2.27. The van der Waals surface area contributed by atoms with Gasteiger partial charge < -0.3 is 14.8 Å². The second kappa shape index (κ2) is 8.41. The number of nitrogens with one attached hydrogen (secondary N) is 2. The third-order valence-corrected chi connectivity index (χ3v) is 4.10. The highest BCUT2D eigenvalue weighted by Crippen LogP contribution is 2.34. The van der Waals surface area contributed by atoms with Gasteiger partial charge in [0.15, 0.2) is 0 Å². The summed E-state index contributed by atoms with van der Waals surface area (Å²) in [5, 5.41) is 6.26. The van der Waals surface area contributed by atoms with Gasteiger partial charge in [-0.2, -0.15) is 0 Å². The fraction of sp³-hybridized carbons (Fsp3) is 0.261. The Kier molecular flexibility index (Phi) is 5.91. The first kappa shape index (κ1) is 21.1. The van der Waals surface area contributed by atoms with Crippen molar-refractivity contribution >= 4 is 34.3 Å². The topological polar surface area (TPSA) is 89.6 Å². The number of hydrogen-bond acceptors (Lipinski definition) is 5. The molecule has 1 heterocycles. The van der Waals surface area contributed by atoms with E-state index in [4.69, 9.17) is 9.47 Å². The van der Waals surface area contributed by atoms with E-state index in [1.54, 1.807) is 51.2 Å². The van der Waals surface area contributed by atoms with Crippen LogP contribution in [0.3, 0.4) is 0 Å². The van der Waals surface area contributed by atoms with Crippen LogP contribution in [0.4, 0.5) is 16.2 Å². The molecule has 0 aliphatic rings. The maximum absolute atomic E-state index is 12.1. The van der Waals surface area contributed by atoms with Gasteiger partial charge in [-0.15, -0.1) is 0 Å². The Balaban J connectivity index is 1.90. The molecule has 0 aliphatic heterocycles. The minimum Gasteiger partial charge on any atom is -0.456 e. The average Bonchev–Trinajstić information content (AvgIpc) is 2.63. The smallest absolute Gasteiger partial charge is 0.412 e. The lowest BCUT2D eigenvalue weighted by molar-refractivity contribution is -0.114. The number of aromatic nitrogens is 1. The minimum atomic E-state index is -0.588. The SMILES string of the molecule is CC(=O)Nc1cccc2c(Oc3cc(NC(=O)OC(C)(C)C)ccc3C)ccnc12. The van der Waals surface area contributed by atoms with Gasteiger partial charge in [-0.1, -0.05) is 12.1 Å². The second-order valence-corrected chi connectivity index (χ2v) is 7.90. The summed E-state index contributed by atoms with van der Waals surface area (Å²) in [7, 11) is 0. The zero-order chi connectivity index (χ0) is 21.9. The number of carbonyl (C=O) groups is 2. The summed E-state index contributed by atoms with van der Waals surface area (Å²) in [6, 6.07) is 12.6. The Hall–Kier alpha value is -3.61. The Morgan fingerprint density at radius 1 is 1.00 bits per heavy atom. The highest BCUT2D eigenvalue weighted by Gasteiger charge is 2.17. The molecule has 7 heteroatoms. The summed E-state index contributed by atoms with van der Waals surface area (Å²) in [4.78, 5) is 27.9. The number of para-hydroxylation sites is 1. The van der Waals surface area contributed by atoms with Crippen molar-refractivity contribution in [2.45, 2.75) is 40.2 Å². The molecule has 0 unspecified atom stereocenters. The first-order chi connectivity index (χ1) is 14.1. The number of anilines is 2. The quantitative estimate of drug-likeness (QED) is 0.584. The lowest BCUT2D eigenvalue weighted by Gasteiger charge is -2.20. The number of pyridine rings is 1. The largest absolute Gasteiger partial charge is 0.456 e. The van der Waals surface area contributed by atoms with Gasteiger partial charge in [0.2, 0.25) is 5.91 Å². The van der Waals surface area contributed by atoms with Crippen LogP contribution in [0.25, 0.3) is 10.9 Å². The van der Waals surface area contributed by atoms with E-state index in [9.17, 15) is 9.59 Å². The van der Waals surface area contributed by atoms with Gasteiger partial charge in [0.25, 0.3) is 0 Å². The number of benzene rings is 2. The van der Waals surface area contributed by atoms with E-state index in [2.05, 4.69) is 15.6 Å². The zero-order valence-electron chi connectivity index (χ0n) is 17.7. The van der Waals surface area contributed by atoms with Crippen molar-refractivity contribution < 1.29 is 19.1 Å². The lowest BCUT2D eigenvalue weighted by atomic mass is 10.1. The van der Waals surface area contributed by atoms with Crippen molar-refractivity contribution in [1.29, 1.82) is 0 Å². The summed E-state index contributed by atoms with van der Waals surface area (Å²) in [5.74, 6) is 0.998. The number of aryl methyl sites for hydroxylation is 1. The van der Waals surface area contributed by atoms with Crippen LogP contribution in [-0.2, 0) is 9.53 Å². The molecule has 7 nitrogen and oxygen atoms in total. The molecule has 0 atom stereocenters. The summed E-state index contributed by atoms with van der Waals surface area (Å²) < 4.78 is 11.5. The van der Waals surface area contributed by atoms with Crippen LogP contribution in [0.1, 0.15) is 33.3 Å². The van der Waals surface area contributed by atoms with Crippen LogP contribution < -0.4 is 15.4 Å². The number of carbonyl (C=O) groups excluding carboxylic acids is 2. The van der Waals surface area contributed by atoms with Gasteiger partial charge in [0.1, 0.15) is 17.1 Å². The Morgan fingerprint density at radius 3 is 2.47 bits per heavy atom. The summed E-state index contributed by atoms with van der Waals surface area (Å²) in [6.45, 7) is 8.78. The Bertz CT molecular complexity index is 1100. The molecule has 3 rings (SSSR count). The number of nitrogens with zero attached hydrogens (tertiary/aromatic N) is 1. The number of ether oxygens (including phenoxy) is 2. The van der Waals surface area contributed by atoms with Gasteiger partial charge in [-0.05, 0) is 57.5 Å². The Morgan fingerprint density at radius 2 is 1.77 bits per heavy atom. The fourth-order valence-corrected chi connectivity index (χ4v) is 2.86. The van der Waals surface area contributed by atoms with E-state index in [0.717, 1.165) is 10.9 Å². The standard InChI is InChI=1S/C23H25N3O4/c1-14-9-10-16(26-22(28)30-23(3,4)5)13-20(14)29-19-11-12-24-21-17(19)7-6-8-18(21)25-15(2)27/h6-13H,1-5H3,(H,25,27)(H,26,28). The monoisotopic (exact) mass is 407 g/mol. The predicted molar refractivity (Wildman–Crippen MR) is 117 cm³/mol. The first-order valence-electron chi connectivity index (χ1n) is 9.56. The number of rotatable bonds is 4. The number of fused-ring (bicyclic) bond motifs is 1. The highest BCUT2D eigenvalue weighted by molar-refractivity contribution is 6.01. The molecule has 2 N–H and O–H groups in total. The predicted octanol–water partition coefficient (Wildman–Crippen LogP) is 5.64. The molecular formula is C23H25N3O4. The van der Waals surface area contributed by atoms with Crippen LogP contribution in [0.5, 0.6) is 11.5 Å². The second-order valence-electron chi connectivity index (χ2n) is 7.90. The number of amides is 2. The van der Waals surface area contributed by atoms with E-state index in [1.807, 2.05) is 25.1 Å². The normalized spacial score (nSPS) is 11.1. The van der Waals surface area contributed by atoms with Crippen molar-refractivity contribution in [1.82, 2.24) is 4.98 Å². The van der Waals surface area contributed by atoms with E-state index < -0.39 is 11.7 Å². The molecule has 1 aromatic heterocycles. The highest BCUT2D eigenvalue weighted by atomic mass is 16.6. The molecule has 0 bridgehead atoms. The van der Waals surface area contributed by atoms with Crippen molar-refractivity contribution in [3.63, 3.8) is 0 Å². The average molecular weight is 407 g/mol. The molecule has 30 heavy (non-hydrogen) atoms. The molecule has 2 aromatic carbocycles. The molecule has 156 valence electrons. The van der Waals surface area contributed by atoms with Gasteiger partial charge in [0, 0.05) is 30.3 Å². The number of hydrogen-bond donors (Lipinski definition) is 2. The van der Waals surface area contributed by atoms with E-state index in [0.29, 0.717) is 28.4 Å². The van der Waals surface area contributed by atoms with Crippen LogP contribution in [-0.4, -0.2) is 22.6 Å². The molecular weight excluding hydrogens is 382 g/mol. The van der Waals surface area contributed by atoms with Crippen molar-refractivity contribution in [2.75, 3.05) is 10.6 Å². The Labute approximate surface area is 175 Å².